The first-order chi connectivity index (χ1) is 50.4. The number of aryl methyl sites for hydroxylation is 2. The quantitative estimate of drug-likeness (QED) is 0.130. The van der Waals surface area contributed by atoms with Crippen LogP contribution in [-0.2, 0) is 0 Å². The summed E-state index contributed by atoms with van der Waals surface area (Å²) >= 11 is 0. The van der Waals surface area contributed by atoms with Gasteiger partial charge in [-0.1, -0.05) is 254 Å². The predicted molar refractivity (Wildman–Crippen MR) is 432 cm³/mol. The average molecular weight is 1300 g/mol. The van der Waals surface area contributed by atoms with Gasteiger partial charge in [0.15, 0.2) is 0 Å². The van der Waals surface area contributed by atoms with E-state index in [9.17, 15) is 0 Å². The van der Waals surface area contributed by atoms with Crippen molar-refractivity contribution in [3.63, 3.8) is 0 Å². The Hall–Kier alpha value is -13.3. The zero-order chi connectivity index (χ0) is 67.8. The van der Waals surface area contributed by atoms with E-state index in [4.69, 9.17) is 0 Å². The SMILES string of the molecule is Cc1ccc(-c2cccc(-c3ccc(-n4c5ccccc5c5cc(-c6ccc7c(c6)c6ccccc6n7-c6ccccc6)ccc54)cc3)c2)cc1.Cc1cccc(-c2cccc(-c3ccc(-n4c5ccccc5c5cc(-c6ccc7c(c6)c6ccccc6n7-c6ccccc6)ccc54)cc3)c2)c1. The number of para-hydroxylation sites is 6. The summed E-state index contributed by atoms with van der Waals surface area (Å²) < 4.78 is 9.55. The monoisotopic (exact) mass is 1300 g/mol. The predicted octanol–water partition coefficient (Wildman–Crippen LogP) is 26.4. The summed E-state index contributed by atoms with van der Waals surface area (Å²) in [7, 11) is 0. The number of hydrogen-bond donors (Lipinski definition) is 0. The van der Waals surface area contributed by atoms with Crippen molar-refractivity contribution in [3.05, 3.63) is 387 Å². The van der Waals surface area contributed by atoms with E-state index >= 15 is 0 Å². The Balaban J connectivity index is 0.000000141. The van der Waals surface area contributed by atoms with Gasteiger partial charge in [-0.15, -0.1) is 0 Å². The lowest BCUT2D eigenvalue weighted by Crippen LogP contribution is -1.94. The highest BCUT2D eigenvalue weighted by molar-refractivity contribution is 6.15. The smallest absolute Gasteiger partial charge is 0.0541 e. The first kappa shape index (κ1) is 59.9. The van der Waals surface area contributed by atoms with Gasteiger partial charge in [0.1, 0.15) is 0 Å². The summed E-state index contributed by atoms with van der Waals surface area (Å²) in [4.78, 5) is 0. The Morgan fingerprint density at radius 3 is 0.696 bits per heavy atom. The minimum atomic E-state index is 1.16. The number of aromatic nitrogens is 4. The Morgan fingerprint density at radius 1 is 0.137 bits per heavy atom. The first-order valence-electron chi connectivity index (χ1n) is 35.2. The summed E-state index contributed by atoms with van der Waals surface area (Å²) in [6, 6.07) is 137. The summed E-state index contributed by atoms with van der Waals surface area (Å²) in [5.41, 5.74) is 31.6. The molecule has 20 aromatic rings. The molecule has 0 saturated heterocycles. The normalized spacial score (nSPS) is 11.6. The van der Waals surface area contributed by atoms with Crippen LogP contribution in [0.1, 0.15) is 11.1 Å². The summed E-state index contributed by atoms with van der Waals surface area (Å²) in [5.74, 6) is 0. The molecule has 0 amide bonds. The summed E-state index contributed by atoms with van der Waals surface area (Å²) in [6.45, 7) is 4.28. The average Bonchev–Trinajstić information content (AvgIpc) is 1.60. The number of nitrogens with zero attached hydrogens (tertiary/aromatic N) is 4. The van der Waals surface area contributed by atoms with Gasteiger partial charge in [-0.05, 0) is 214 Å². The van der Waals surface area contributed by atoms with Crippen LogP contribution in [0.5, 0.6) is 0 Å². The zero-order valence-electron chi connectivity index (χ0n) is 56.6. The van der Waals surface area contributed by atoms with Crippen LogP contribution in [-0.4, -0.2) is 18.3 Å². The van der Waals surface area contributed by atoms with Crippen molar-refractivity contribution in [3.8, 4) is 89.5 Å². The Bertz CT molecular complexity index is 6600. The van der Waals surface area contributed by atoms with Gasteiger partial charge in [-0.2, -0.15) is 0 Å². The molecule has 0 unspecified atom stereocenters. The molecule has 16 aromatic carbocycles. The Labute approximate surface area is 592 Å². The van der Waals surface area contributed by atoms with Gasteiger partial charge in [0, 0.05) is 65.8 Å². The van der Waals surface area contributed by atoms with Crippen molar-refractivity contribution in [1.29, 1.82) is 0 Å². The molecule has 20 rings (SSSR count). The van der Waals surface area contributed by atoms with E-state index in [1.165, 1.54) is 176 Å². The molecule has 0 aliphatic rings. The Kier molecular flexibility index (Phi) is 14.6. The standard InChI is InChI=1S/2C49H34N2/c1-33-11-9-12-35(29-33)37-14-10-13-36(30-37)34-21-25-41(26-22-34)51-47-20-8-6-18-43(47)45-32-39(24-28-49(45)51)38-23-27-48-44(31-38)42-17-5-7-19-46(42)50(48)40-15-3-2-4-16-40;1-33-18-20-34(21-19-33)36-10-9-11-37(30-36)35-22-26-41(27-23-35)51-47-17-8-6-15-43(47)45-32-39(25-29-49(45)51)38-24-28-48-44(31-38)42-14-5-7-16-46(42)50(48)40-12-3-2-4-13-40/h2*2-32H,1H3. The molecule has 0 aliphatic carbocycles. The molecule has 0 atom stereocenters. The van der Waals surface area contributed by atoms with Gasteiger partial charge in [0.2, 0.25) is 0 Å². The molecular formula is C98H68N4. The maximum atomic E-state index is 2.40. The molecule has 0 spiro atoms. The number of rotatable bonds is 10. The minimum absolute atomic E-state index is 1.16. The fourth-order valence-electron chi connectivity index (χ4n) is 15.8. The van der Waals surface area contributed by atoms with Crippen LogP contribution in [0.3, 0.4) is 0 Å². The van der Waals surface area contributed by atoms with E-state index in [-0.39, 0.29) is 0 Å². The van der Waals surface area contributed by atoms with E-state index in [1.54, 1.807) is 0 Å². The molecule has 0 saturated carbocycles. The molecule has 0 fully saturated rings. The topological polar surface area (TPSA) is 19.7 Å². The number of hydrogen-bond acceptors (Lipinski definition) is 0. The molecule has 102 heavy (non-hydrogen) atoms. The molecule has 480 valence electrons. The van der Waals surface area contributed by atoms with Crippen molar-refractivity contribution in [2.24, 2.45) is 0 Å². The van der Waals surface area contributed by atoms with E-state index in [0.29, 0.717) is 0 Å². The summed E-state index contributed by atoms with van der Waals surface area (Å²) in [6.07, 6.45) is 0. The van der Waals surface area contributed by atoms with E-state index in [2.05, 4.69) is 408 Å². The van der Waals surface area contributed by atoms with Crippen LogP contribution in [0.4, 0.5) is 0 Å². The van der Waals surface area contributed by atoms with Crippen molar-refractivity contribution < 1.29 is 0 Å². The van der Waals surface area contributed by atoms with Crippen molar-refractivity contribution in [2.75, 3.05) is 0 Å². The van der Waals surface area contributed by atoms with E-state index in [1.807, 2.05) is 0 Å². The molecule has 0 aliphatic heterocycles. The molecular weight excluding hydrogens is 1230 g/mol. The molecule has 0 N–H and O–H groups in total. The van der Waals surface area contributed by atoms with Gasteiger partial charge in [-0.25, -0.2) is 0 Å². The molecule has 4 heteroatoms. The molecule has 0 bridgehead atoms. The van der Waals surface area contributed by atoms with Crippen LogP contribution in [0.2, 0.25) is 0 Å². The fraction of sp³-hybridized carbons (Fsp3) is 0.0204. The fourth-order valence-corrected chi connectivity index (χ4v) is 15.8. The second-order valence-corrected chi connectivity index (χ2v) is 27.0. The highest BCUT2D eigenvalue weighted by atomic mass is 15.0. The Morgan fingerprint density at radius 2 is 0.373 bits per heavy atom. The third kappa shape index (κ3) is 10.5. The maximum absolute atomic E-state index is 2.40. The van der Waals surface area contributed by atoms with E-state index in [0.717, 1.165) is 11.4 Å². The van der Waals surface area contributed by atoms with Crippen LogP contribution in [0.15, 0.2) is 376 Å². The number of benzene rings is 16. The van der Waals surface area contributed by atoms with E-state index < -0.39 is 0 Å². The van der Waals surface area contributed by atoms with Gasteiger partial charge in [0.25, 0.3) is 0 Å². The van der Waals surface area contributed by atoms with Crippen LogP contribution >= 0.6 is 0 Å². The van der Waals surface area contributed by atoms with Gasteiger partial charge in [0.05, 0.1) is 44.1 Å². The van der Waals surface area contributed by atoms with Crippen molar-refractivity contribution in [2.45, 2.75) is 13.8 Å². The molecule has 4 aromatic heterocycles. The van der Waals surface area contributed by atoms with Gasteiger partial charge >= 0.3 is 0 Å². The summed E-state index contributed by atoms with van der Waals surface area (Å²) in [5, 5.41) is 10.1. The second kappa shape index (κ2) is 24.9. The highest BCUT2D eigenvalue weighted by Gasteiger charge is 2.20. The van der Waals surface area contributed by atoms with Crippen LogP contribution < -0.4 is 0 Å². The number of fused-ring (bicyclic) bond motifs is 12. The lowest BCUT2D eigenvalue weighted by molar-refractivity contribution is 1.18. The third-order valence-electron chi connectivity index (χ3n) is 20.8. The minimum Gasteiger partial charge on any atom is -0.309 e. The maximum Gasteiger partial charge on any atom is 0.0541 e. The second-order valence-electron chi connectivity index (χ2n) is 27.0. The third-order valence-corrected chi connectivity index (χ3v) is 20.8. The molecule has 0 radical (unpaired) electrons. The van der Waals surface area contributed by atoms with Crippen molar-refractivity contribution >= 4 is 87.2 Å². The van der Waals surface area contributed by atoms with Crippen LogP contribution in [0.25, 0.3) is 177 Å². The van der Waals surface area contributed by atoms with Gasteiger partial charge in [-0.3, -0.25) is 0 Å². The van der Waals surface area contributed by atoms with Crippen LogP contribution in [0, 0.1) is 13.8 Å². The lowest BCUT2D eigenvalue weighted by atomic mass is 9.98. The zero-order valence-corrected chi connectivity index (χ0v) is 56.6. The largest absolute Gasteiger partial charge is 0.309 e. The van der Waals surface area contributed by atoms with Gasteiger partial charge < -0.3 is 18.3 Å². The first-order valence-corrected chi connectivity index (χ1v) is 35.2. The molecule has 4 heterocycles. The molecule has 4 nitrogen and oxygen atoms in total. The lowest BCUT2D eigenvalue weighted by Gasteiger charge is -2.11. The highest BCUT2D eigenvalue weighted by Crippen LogP contribution is 2.42. The van der Waals surface area contributed by atoms with Crippen molar-refractivity contribution in [1.82, 2.24) is 18.3 Å².